The summed E-state index contributed by atoms with van der Waals surface area (Å²) in [5.41, 5.74) is 2.98. The van der Waals surface area contributed by atoms with Gasteiger partial charge in [-0.2, -0.15) is 0 Å². The number of methoxy groups -OCH3 is 1. The van der Waals surface area contributed by atoms with E-state index in [1.807, 2.05) is 24.3 Å². The van der Waals surface area contributed by atoms with Gasteiger partial charge in [-0.25, -0.2) is 4.79 Å². The smallest absolute Gasteiger partial charge is 0.356 e. The Morgan fingerprint density at radius 1 is 1.00 bits per heavy atom. The highest BCUT2D eigenvalue weighted by atomic mass is 16.5. The normalized spacial score (nSPS) is 14.4. The molecule has 0 radical (unpaired) electrons. The number of rotatable bonds is 6. The molecule has 8 nitrogen and oxygen atoms in total. The number of phenols is 1. The van der Waals surface area contributed by atoms with Gasteiger partial charge in [-0.1, -0.05) is 24.3 Å². The van der Waals surface area contributed by atoms with Crippen molar-refractivity contribution in [1.82, 2.24) is 15.1 Å². The number of aromatic hydroxyl groups is 1. The van der Waals surface area contributed by atoms with E-state index in [1.54, 1.807) is 25.3 Å². The second-order valence-electron chi connectivity index (χ2n) is 7.42. The van der Waals surface area contributed by atoms with Crippen molar-refractivity contribution >= 4 is 11.8 Å². The zero-order valence-electron chi connectivity index (χ0n) is 17.2. The van der Waals surface area contributed by atoms with E-state index in [4.69, 9.17) is 9.84 Å². The average molecular weight is 420 g/mol. The summed E-state index contributed by atoms with van der Waals surface area (Å²) in [6.07, 6.45) is 0. The van der Waals surface area contributed by atoms with E-state index in [0.29, 0.717) is 5.82 Å². The number of piperazine rings is 1. The Balaban J connectivity index is 1.40. The monoisotopic (exact) mass is 420 g/mol. The molecule has 0 spiro atoms. The number of nitrogens with zero attached hydrogens (tertiary/aromatic N) is 4. The van der Waals surface area contributed by atoms with Crippen molar-refractivity contribution in [1.29, 1.82) is 0 Å². The Bertz CT molecular complexity index is 1060. The van der Waals surface area contributed by atoms with Crippen LogP contribution in [0.1, 0.15) is 16.1 Å². The molecule has 0 aliphatic carbocycles. The first-order valence-electron chi connectivity index (χ1n) is 10.0. The van der Waals surface area contributed by atoms with Gasteiger partial charge in [0.25, 0.3) is 0 Å². The van der Waals surface area contributed by atoms with Gasteiger partial charge < -0.3 is 19.8 Å². The summed E-state index contributed by atoms with van der Waals surface area (Å²) in [5, 5.41) is 26.5. The number of anilines is 1. The molecular weight excluding hydrogens is 396 g/mol. The summed E-state index contributed by atoms with van der Waals surface area (Å²) >= 11 is 0. The van der Waals surface area contributed by atoms with Crippen LogP contribution >= 0.6 is 0 Å². The van der Waals surface area contributed by atoms with E-state index < -0.39 is 5.97 Å². The molecule has 4 rings (SSSR count). The molecule has 31 heavy (non-hydrogen) atoms. The van der Waals surface area contributed by atoms with Crippen LogP contribution in [0.4, 0.5) is 5.82 Å². The molecule has 8 heteroatoms. The number of aromatic carboxylic acids is 1. The van der Waals surface area contributed by atoms with E-state index in [-0.39, 0.29) is 11.4 Å². The number of carboxylic acid groups (broad SMARTS) is 1. The predicted molar refractivity (Wildman–Crippen MR) is 117 cm³/mol. The molecule has 1 aliphatic heterocycles. The molecule has 1 fully saturated rings. The van der Waals surface area contributed by atoms with Crippen LogP contribution < -0.4 is 9.64 Å². The Hall–Kier alpha value is -3.65. The number of carboxylic acids is 1. The summed E-state index contributed by atoms with van der Waals surface area (Å²) in [6, 6.07) is 16.5. The predicted octanol–water partition coefficient (Wildman–Crippen LogP) is 2.88. The van der Waals surface area contributed by atoms with Gasteiger partial charge in [-0.15, -0.1) is 10.2 Å². The van der Waals surface area contributed by atoms with Crippen LogP contribution in [0.2, 0.25) is 0 Å². The lowest BCUT2D eigenvalue weighted by Gasteiger charge is -2.35. The van der Waals surface area contributed by atoms with E-state index in [1.165, 1.54) is 6.07 Å². The second kappa shape index (κ2) is 9.01. The lowest BCUT2D eigenvalue weighted by molar-refractivity contribution is 0.0689. The standard InChI is InChI=1S/C23H24N4O4/c1-31-21-14-17(16-3-2-4-19(28)13-16)5-6-18(21)15-26-9-11-27(12-10-26)22-8-7-20(23(29)30)24-25-22/h2-8,13-14,28H,9-12,15H2,1H3,(H,29,30). The number of ether oxygens (including phenoxy) is 1. The van der Waals surface area contributed by atoms with Gasteiger partial charge in [-0.3, -0.25) is 4.90 Å². The first-order chi connectivity index (χ1) is 15.0. The molecule has 0 amide bonds. The van der Waals surface area contributed by atoms with Crippen LogP contribution in [0.5, 0.6) is 11.5 Å². The molecule has 1 aliphatic rings. The third kappa shape index (κ3) is 4.75. The van der Waals surface area contributed by atoms with E-state index in [9.17, 15) is 9.90 Å². The van der Waals surface area contributed by atoms with Gasteiger partial charge in [0.1, 0.15) is 11.5 Å². The van der Waals surface area contributed by atoms with Gasteiger partial charge in [0.2, 0.25) is 0 Å². The molecule has 0 atom stereocenters. The van der Waals surface area contributed by atoms with Crippen LogP contribution in [0.15, 0.2) is 54.6 Å². The summed E-state index contributed by atoms with van der Waals surface area (Å²) < 4.78 is 5.63. The highest BCUT2D eigenvalue weighted by Crippen LogP contribution is 2.30. The first-order valence-corrected chi connectivity index (χ1v) is 10.0. The second-order valence-corrected chi connectivity index (χ2v) is 7.42. The van der Waals surface area contributed by atoms with Crippen molar-refractivity contribution in [2.45, 2.75) is 6.54 Å². The number of carbonyl (C=O) groups is 1. The summed E-state index contributed by atoms with van der Waals surface area (Å²) in [4.78, 5) is 15.4. The van der Waals surface area contributed by atoms with Crippen molar-refractivity contribution in [3.8, 4) is 22.6 Å². The van der Waals surface area contributed by atoms with Crippen LogP contribution in [-0.4, -0.2) is 64.6 Å². The third-order valence-corrected chi connectivity index (χ3v) is 5.43. The van der Waals surface area contributed by atoms with Crippen molar-refractivity contribution in [3.63, 3.8) is 0 Å². The highest BCUT2D eigenvalue weighted by Gasteiger charge is 2.20. The van der Waals surface area contributed by atoms with Crippen LogP contribution in [-0.2, 0) is 6.54 Å². The molecule has 0 unspecified atom stereocenters. The molecule has 160 valence electrons. The Kier molecular flexibility index (Phi) is 5.99. The zero-order chi connectivity index (χ0) is 21.8. The molecule has 2 heterocycles. The first kappa shape index (κ1) is 20.6. The third-order valence-electron chi connectivity index (χ3n) is 5.43. The fourth-order valence-corrected chi connectivity index (χ4v) is 3.72. The number of hydrogen-bond donors (Lipinski definition) is 2. The topological polar surface area (TPSA) is 99.0 Å². The van der Waals surface area contributed by atoms with Gasteiger partial charge in [0.15, 0.2) is 11.5 Å². The van der Waals surface area contributed by atoms with Crippen molar-refractivity contribution < 1.29 is 19.7 Å². The summed E-state index contributed by atoms with van der Waals surface area (Å²) in [6.45, 7) is 4.02. The maximum absolute atomic E-state index is 10.9. The minimum Gasteiger partial charge on any atom is -0.508 e. The zero-order valence-corrected chi connectivity index (χ0v) is 17.2. The number of benzene rings is 2. The summed E-state index contributed by atoms with van der Waals surface area (Å²) in [5.74, 6) is 0.671. The van der Waals surface area contributed by atoms with Crippen LogP contribution in [0, 0.1) is 0 Å². The quantitative estimate of drug-likeness (QED) is 0.628. The van der Waals surface area contributed by atoms with Gasteiger partial charge in [0, 0.05) is 38.3 Å². The van der Waals surface area contributed by atoms with Gasteiger partial charge in [0.05, 0.1) is 7.11 Å². The van der Waals surface area contributed by atoms with Crippen molar-refractivity contribution in [2.24, 2.45) is 0 Å². The van der Waals surface area contributed by atoms with Crippen molar-refractivity contribution in [3.05, 3.63) is 65.9 Å². The molecule has 0 bridgehead atoms. The fraction of sp³-hybridized carbons (Fsp3) is 0.261. The van der Waals surface area contributed by atoms with Crippen LogP contribution in [0.3, 0.4) is 0 Å². The molecule has 2 N–H and O–H groups in total. The SMILES string of the molecule is COc1cc(-c2cccc(O)c2)ccc1CN1CCN(c2ccc(C(=O)O)nn2)CC1. The Labute approximate surface area is 180 Å². The molecule has 0 saturated carbocycles. The number of hydrogen-bond acceptors (Lipinski definition) is 7. The lowest BCUT2D eigenvalue weighted by atomic mass is 10.0. The van der Waals surface area contributed by atoms with Crippen molar-refractivity contribution in [2.75, 3.05) is 38.2 Å². The van der Waals surface area contributed by atoms with Gasteiger partial charge >= 0.3 is 5.97 Å². The van der Waals surface area contributed by atoms with E-state index in [2.05, 4.69) is 26.1 Å². The van der Waals surface area contributed by atoms with Crippen LogP contribution in [0.25, 0.3) is 11.1 Å². The molecular formula is C23H24N4O4. The lowest BCUT2D eigenvalue weighted by Crippen LogP contribution is -2.46. The fourth-order valence-electron chi connectivity index (χ4n) is 3.72. The van der Waals surface area contributed by atoms with Gasteiger partial charge in [-0.05, 0) is 41.5 Å². The number of phenolic OH excluding ortho intramolecular Hbond substituents is 1. The molecule has 2 aromatic carbocycles. The van der Waals surface area contributed by atoms with E-state index in [0.717, 1.165) is 55.2 Å². The highest BCUT2D eigenvalue weighted by molar-refractivity contribution is 5.85. The minimum atomic E-state index is -1.08. The number of aromatic nitrogens is 2. The maximum atomic E-state index is 10.9. The molecule has 1 aromatic heterocycles. The molecule has 1 saturated heterocycles. The Morgan fingerprint density at radius 3 is 2.42 bits per heavy atom. The Morgan fingerprint density at radius 2 is 1.77 bits per heavy atom. The van der Waals surface area contributed by atoms with E-state index >= 15 is 0 Å². The molecule has 3 aromatic rings. The minimum absolute atomic E-state index is 0.0522. The average Bonchev–Trinajstić information content (AvgIpc) is 2.80. The largest absolute Gasteiger partial charge is 0.508 e. The maximum Gasteiger partial charge on any atom is 0.356 e. The summed E-state index contributed by atoms with van der Waals surface area (Å²) in [7, 11) is 1.67.